The zero-order valence-corrected chi connectivity index (χ0v) is 19.6. The van der Waals surface area contributed by atoms with Gasteiger partial charge in [-0.05, 0) is 48.9 Å². The van der Waals surface area contributed by atoms with Crippen LogP contribution >= 0.6 is 35.0 Å². The first kappa shape index (κ1) is 21.6. The van der Waals surface area contributed by atoms with Gasteiger partial charge in [-0.25, -0.2) is 0 Å². The van der Waals surface area contributed by atoms with Crippen LogP contribution in [0.3, 0.4) is 0 Å². The third-order valence-electron chi connectivity index (χ3n) is 4.96. The van der Waals surface area contributed by atoms with Crippen LogP contribution in [0.1, 0.15) is 11.5 Å². The topological polar surface area (TPSA) is 82.5 Å². The Morgan fingerprint density at radius 3 is 2.55 bits per heavy atom. The van der Waals surface area contributed by atoms with E-state index in [1.807, 2.05) is 60.0 Å². The van der Waals surface area contributed by atoms with Gasteiger partial charge >= 0.3 is 0 Å². The van der Waals surface area contributed by atoms with E-state index in [0.29, 0.717) is 38.5 Å². The first-order valence-electron chi connectivity index (χ1n) is 9.93. The highest BCUT2D eigenvalue weighted by Crippen LogP contribution is 2.33. The third-order valence-corrected chi connectivity index (χ3v) is 6.61. The summed E-state index contributed by atoms with van der Waals surface area (Å²) in [6.07, 6.45) is 3.45. The van der Waals surface area contributed by atoms with E-state index in [0.717, 1.165) is 22.4 Å². The van der Waals surface area contributed by atoms with Crippen molar-refractivity contribution in [2.75, 3.05) is 0 Å². The van der Waals surface area contributed by atoms with Gasteiger partial charge in [0.1, 0.15) is 0 Å². The van der Waals surface area contributed by atoms with E-state index in [4.69, 9.17) is 27.7 Å². The molecule has 33 heavy (non-hydrogen) atoms. The Morgan fingerprint density at radius 1 is 0.939 bits per heavy atom. The first-order chi connectivity index (χ1) is 16.1. The van der Waals surface area contributed by atoms with E-state index < -0.39 is 0 Å². The summed E-state index contributed by atoms with van der Waals surface area (Å²) in [5.41, 5.74) is 3.43. The molecule has 164 valence electrons. The van der Waals surface area contributed by atoms with Crippen LogP contribution in [0.25, 0.3) is 28.5 Å². The molecule has 5 rings (SSSR count). The predicted molar refractivity (Wildman–Crippen MR) is 129 cm³/mol. The van der Waals surface area contributed by atoms with Crippen molar-refractivity contribution < 1.29 is 4.52 Å². The van der Waals surface area contributed by atoms with Crippen LogP contribution in [0.4, 0.5) is 0 Å². The molecule has 10 heteroatoms. The zero-order valence-electron chi connectivity index (χ0n) is 17.3. The maximum Gasteiger partial charge on any atom is 0.237 e. The molecule has 5 aromatic rings. The van der Waals surface area contributed by atoms with Gasteiger partial charge in [-0.2, -0.15) is 4.98 Å². The van der Waals surface area contributed by atoms with E-state index >= 15 is 0 Å². The summed E-state index contributed by atoms with van der Waals surface area (Å²) in [4.78, 5) is 8.59. The molecule has 0 atom stereocenters. The van der Waals surface area contributed by atoms with Gasteiger partial charge in [-0.3, -0.25) is 9.55 Å². The summed E-state index contributed by atoms with van der Waals surface area (Å²) >= 11 is 14.1. The molecule has 0 spiro atoms. The summed E-state index contributed by atoms with van der Waals surface area (Å²) in [5, 5.41) is 14.9. The highest BCUT2D eigenvalue weighted by molar-refractivity contribution is 7.98. The monoisotopic (exact) mass is 494 g/mol. The minimum absolute atomic E-state index is 0.408. The van der Waals surface area contributed by atoms with E-state index in [1.165, 1.54) is 11.8 Å². The molecule has 0 amide bonds. The second-order valence-electron chi connectivity index (χ2n) is 7.04. The number of nitrogens with zero attached hydrogens (tertiary/aromatic N) is 6. The lowest BCUT2D eigenvalue weighted by Gasteiger charge is -2.13. The molecule has 0 N–H and O–H groups in total. The fourth-order valence-electron chi connectivity index (χ4n) is 3.30. The highest BCUT2D eigenvalue weighted by atomic mass is 35.5. The molecule has 0 aliphatic heterocycles. The van der Waals surface area contributed by atoms with Crippen molar-refractivity contribution in [1.29, 1.82) is 0 Å². The molecule has 0 saturated carbocycles. The number of halogens is 2. The number of hydrogen-bond acceptors (Lipinski definition) is 7. The molecule has 7 nitrogen and oxygen atoms in total. The van der Waals surface area contributed by atoms with Crippen LogP contribution in [-0.2, 0) is 5.75 Å². The predicted octanol–water partition coefficient (Wildman–Crippen LogP) is 6.29. The smallest absolute Gasteiger partial charge is 0.237 e. The second-order valence-corrected chi connectivity index (χ2v) is 8.80. The lowest BCUT2D eigenvalue weighted by Crippen LogP contribution is -2.02. The fourth-order valence-corrected chi connectivity index (χ4v) is 4.47. The minimum Gasteiger partial charge on any atom is -0.338 e. The number of aromatic nitrogens is 6. The van der Waals surface area contributed by atoms with Gasteiger partial charge < -0.3 is 4.52 Å². The standard InChI is InChI=1S/C23H16Cl2N6OS/c1-14-17(24)7-4-8-19(14)31-22(15-9-11-26-12-10-15)28-29-23(31)33-13-20-27-21(30-32-20)16-5-2-3-6-18(16)25/h2-12H,13H2,1H3. The molecule has 3 aromatic heterocycles. The molecule has 0 bridgehead atoms. The minimum atomic E-state index is 0.408. The van der Waals surface area contributed by atoms with E-state index in [-0.39, 0.29) is 0 Å². The van der Waals surface area contributed by atoms with Crippen LogP contribution in [0.2, 0.25) is 10.0 Å². The third kappa shape index (κ3) is 4.37. The van der Waals surface area contributed by atoms with Gasteiger partial charge in [0, 0.05) is 28.5 Å². The zero-order chi connectivity index (χ0) is 22.8. The molecular formula is C23H16Cl2N6OS. The lowest BCUT2D eigenvalue weighted by atomic mass is 10.2. The average Bonchev–Trinajstić information content (AvgIpc) is 3.48. The summed E-state index contributed by atoms with van der Waals surface area (Å²) in [7, 11) is 0. The van der Waals surface area contributed by atoms with Crippen molar-refractivity contribution in [3.05, 3.63) is 88.5 Å². The highest BCUT2D eigenvalue weighted by Gasteiger charge is 2.20. The largest absolute Gasteiger partial charge is 0.338 e. The summed E-state index contributed by atoms with van der Waals surface area (Å²) in [5.74, 6) is 2.00. The van der Waals surface area contributed by atoms with E-state index in [1.54, 1.807) is 18.5 Å². The Kier molecular flexibility index (Phi) is 6.13. The summed E-state index contributed by atoms with van der Waals surface area (Å²) in [6, 6.07) is 16.9. The van der Waals surface area contributed by atoms with Crippen LogP contribution in [0.15, 0.2) is 76.7 Å². The molecule has 0 unspecified atom stereocenters. The van der Waals surface area contributed by atoms with Crippen molar-refractivity contribution in [3.63, 3.8) is 0 Å². The van der Waals surface area contributed by atoms with Crippen LogP contribution in [-0.4, -0.2) is 29.9 Å². The Hall–Kier alpha value is -3.20. The maximum atomic E-state index is 6.41. The van der Waals surface area contributed by atoms with Gasteiger partial charge in [0.2, 0.25) is 11.7 Å². The number of rotatable bonds is 6. The Labute approximate surface area is 203 Å². The Balaban J connectivity index is 1.49. The molecule has 0 aliphatic carbocycles. The first-order valence-corrected chi connectivity index (χ1v) is 11.7. The molecule has 0 fully saturated rings. The van der Waals surface area contributed by atoms with Crippen molar-refractivity contribution in [1.82, 2.24) is 29.9 Å². The van der Waals surface area contributed by atoms with Gasteiger partial charge in [-0.15, -0.1) is 10.2 Å². The van der Waals surface area contributed by atoms with Crippen molar-refractivity contribution in [3.8, 4) is 28.5 Å². The lowest BCUT2D eigenvalue weighted by molar-refractivity contribution is 0.391. The molecule has 0 aliphatic rings. The van der Waals surface area contributed by atoms with Crippen molar-refractivity contribution >= 4 is 35.0 Å². The number of benzene rings is 2. The maximum absolute atomic E-state index is 6.41. The molecule has 0 radical (unpaired) electrons. The fraction of sp³-hybridized carbons (Fsp3) is 0.0870. The molecule has 2 aromatic carbocycles. The Bertz CT molecular complexity index is 1420. The van der Waals surface area contributed by atoms with Crippen LogP contribution < -0.4 is 0 Å². The summed E-state index contributed by atoms with van der Waals surface area (Å²) < 4.78 is 7.43. The molecule has 3 heterocycles. The average molecular weight is 495 g/mol. The van der Waals surface area contributed by atoms with Crippen LogP contribution in [0.5, 0.6) is 0 Å². The van der Waals surface area contributed by atoms with Crippen LogP contribution in [0, 0.1) is 6.92 Å². The quantitative estimate of drug-likeness (QED) is 0.256. The number of hydrogen-bond donors (Lipinski definition) is 0. The van der Waals surface area contributed by atoms with Gasteiger partial charge in [-0.1, -0.05) is 58.3 Å². The Morgan fingerprint density at radius 2 is 1.73 bits per heavy atom. The molecule has 0 saturated heterocycles. The number of thioether (sulfide) groups is 1. The van der Waals surface area contributed by atoms with E-state index in [2.05, 4.69) is 25.3 Å². The SMILES string of the molecule is Cc1c(Cl)cccc1-n1c(SCc2nc(-c3ccccc3Cl)no2)nnc1-c1ccncc1. The van der Waals surface area contributed by atoms with E-state index in [9.17, 15) is 0 Å². The van der Waals surface area contributed by atoms with Gasteiger partial charge in [0.15, 0.2) is 11.0 Å². The normalized spacial score (nSPS) is 11.1. The van der Waals surface area contributed by atoms with Gasteiger partial charge in [0.25, 0.3) is 0 Å². The number of pyridine rings is 1. The van der Waals surface area contributed by atoms with Crippen molar-refractivity contribution in [2.45, 2.75) is 17.8 Å². The second kappa shape index (κ2) is 9.35. The van der Waals surface area contributed by atoms with Crippen molar-refractivity contribution in [2.24, 2.45) is 0 Å². The molecular weight excluding hydrogens is 479 g/mol. The van der Waals surface area contributed by atoms with Gasteiger partial charge in [0.05, 0.1) is 16.5 Å². The summed E-state index contributed by atoms with van der Waals surface area (Å²) in [6.45, 7) is 1.97.